The van der Waals surface area contributed by atoms with E-state index in [1.54, 1.807) is 0 Å². The Bertz CT molecular complexity index is 116. The van der Waals surface area contributed by atoms with Crippen LogP contribution in [0.5, 0.6) is 0 Å². The lowest BCUT2D eigenvalue weighted by Gasteiger charge is -2.04. The van der Waals surface area contributed by atoms with Gasteiger partial charge in [-0.05, 0) is 12.5 Å². The molecule has 0 aromatic rings. The first-order chi connectivity index (χ1) is 5.13. The van der Waals surface area contributed by atoms with Crippen LogP contribution in [0.3, 0.4) is 0 Å². The summed E-state index contributed by atoms with van der Waals surface area (Å²) in [5.41, 5.74) is 10.3. The molecule has 0 aromatic carbocycles. The molecule has 0 saturated heterocycles. The summed E-state index contributed by atoms with van der Waals surface area (Å²) >= 11 is 0. The minimum Gasteiger partial charge on any atom is -0.370 e. The number of nitrogens with one attached hydrogen (secondary N) is 1. The molecule has 4 nitrogen and oxygen atoms in total. The van der Waals surface area contributed by atoms with E-state index in [1.165, 1.54) is 0 Å². The second-order valence-corrected chi connectivity index (χ2v) is 2.90. The first-order valence-corrected chi connectivity index (χ1v) is 3.89. The molecule has 0 spiro atoms. The highest BCUT2D eigenvalue weighted by Crippen LogP contribution is 1.85. The first kappa shape index (κ1) is 10.2. The van der Waals surface area contributed by atoms with Gasteiger partial charge in [0.05, 0.1) is 6.54 Å². The summed E-state index contributed by atoms with van der Waals surface area (Å²) in [6, 6.07) is 0. The van der Waals surface area contributed by atoms with Crippen LogP contribution in [0.15, 0.2) is 4.99 Å². The third-order valence-electron chi connectivity index (χ3n) is 1.14. The van der Waals surface area contributed by atoms with Crippen LogP contribution in [0.4, 0.5) is 0 Å². The average Bonchev–Trinajstić information content (AvgIpc) is 1.85. The molecular formula is C7H18N4. The number of nitrogens with zero attached hydrogens (tertiary/aromatic N) is 1. The summed E-state index contributed by atoms with van der Waals surface area (Å²) in [5, 5.41) is 3.22. The van der Waals surface area contributed by atoms with Gasteiger partial charge in [-0.3, -0.25) is 4.99 Å². The highest BCUT2D eigenvalue weighted by atomic mass is 15.0. The molecule has 11 heavy (non-hydrogen) atoms. The fraction of sp³-hybridized carbons (Fsp3) is 0.857. The standard InChI is InChI=1S/C7H18N4/c1-6(2)5-10-3-4-11-7(8)9/h6,10H,3-5H2,1-2H3,(H4,8,9,11). The van der Waals surface area contributed by atoms with Crippen LogP contribution < -0.4 is 16.8 Å². The van der Waals surface area contributed by atoms with Crippen molar-refractivity contribution in [2.75, 3.05) is 19.6 Å². The molecule has 0 rings (SSSR count). The summed E-state index contributed by atoms with van der Waals surface area (Å²) in [6.45, 7) is 6.84. The van der Waals surface area contributed by atoms with E-state index in [4.69, 9.17) is 11.5 Å². The maximum absolute atomic E-state index is 5.13. The van der Waals surface area contributed by atoms with Crippen molar-refractivity contribution in [1.29, 1.82) is 0 Å². The van der Waals surface area contributed by atoms with Crippen molar-refractivity contribution < 1.29 is 0 Å². The van der Waals surface area contributed by atoms with Crippen LogP contribution in [0, 0.1) is 5.92 Å². The second-order valence-electron chi connectivity index (χ2n) is 2.90. The molecule has 0 aliphatic rings. The molecule has 66 valence electrons. The number of nitrogens with two attached hydrogens (primary N) is 2. The van der Waals surface area contributed by atoms with Crippen LogP contribution >= 0.6 is 0 Å². The minimum atomic E-state index is 0.163. The summed E-state index contributed by atoms with van der Waals surface area (Å²) in [7, 11) is 0. The Morgan fingerprint density at radius 3 is 2.55 bits per heavy atom. The number of rotatable bonds is 5. The lowest BCUT2D eigenvalue weighted by Crippen LogP contribution is -2.26. The van der Waals surface area contributed by atoms with Crippen LogP contribution in [0.2, 0.25) is 0 Å². The van der Waals surface area contributed by atoms with E-state index < -0.39 is 0 Å². The van der Waals surface area contributed by atoms with Gasteiger partial charge >= 0.3 is 0 Å². The lowest BCUT2D eigenvalue weighted by molar-refractivity contribution is 0.558. The minimum absolute atomic E-state index is 0.163. The Morgan fingerprint density at radius 2 is 2.09 bits per heavy atom. The lowest BCUT2D eigenvalue weighted by atomic mass is 10.2. The van der Waals surface area contributed by atoms with E-state index in [0.29, 0.717) is 12.5 Å². The Morgan fingerprint density at radius 1 is 1.45 bits per heavy atom. The quantitative estimate of drug-likeness (QED) is 0.287. The van der Waals surface area contributed by atoms with Gasteiger partial charge in [0.15, 0.2) is 5.96 Å². The van der Waals surface area contributed by atoms with Gasteiger partial charge in [0.2, 0.25) is 0 Å². The van der Waals surface area contributed by atoms with E-state index in [2.05, 4.69) is 24.2 Å². The van der Waals surface area contributed by atoms with Gasteiger partial charge in [-0.15, -0.1) is 0 Å². The topological polar surface area (TPSA) is 76.4 Å². The fourth-order valence-electron chi connectivity index (χ4n) is 0.655. The van der Waals surface area contributed by atoms with Gasteiger partial charge in [0.25, 0.3) is 0 Å². The second kappa shape index (κ2) is 5.97. The van der Waals surface area contributed by atoms with Gasteiger partial charge in [-0.25, -0.2) is 0 Å². The van der Waals surface area contributed by atoms with Crippen molar-refractivity contribution in [3.8, 4) is 0 Å². The molecule has 4 heteroatoms. The van der Waals surface area contributed by atoms with Crippen LogP contribution in [0.25, 0.3) is 0 Å². The zero-order chi connectivity index (χ0) is 8.69. The zero-order valence-electron chi connectivity index (χ0n) is 7.30. The van der Waals surface area contributed by atoms with Crippen molar-refractivity contribution in [2.45, 2.75) is 13.8 Å². The molecule has 0 amide bonds. The molecule has 0 aromatic heterocycles. The van der Waals surface area contributed by atoms with E-state index in [1.807, 2.05) is 0 Å². The largest absolute Gasteiger partial charge is 0.370 e. The molecular weight excluding hydrogens is 140 g/mol. The van der Waals surface area contributed by atoms with E-state index in [-0.39, 0.29) is 5.96 Å². The first-order valence-electron chi connectivity index (χ1n) is 3.89. The van der Waals surface area contributed by atoms with Crippen LogP contribution in [-0.4, -0.2) is 25.6 Å². The Labute approximate surface area is 68.1 Å². The van der Waals surface area contributed by atoms with Crippen molar-refractivity contribution in [3.05, 3.63) is 0 Å². The molecule has 0 radical (unpaired) electrons. The maximum Gasteiger partial charge on any atom is 0.185 e. The van der Waals surface area contributed by atoms with Gasteiger partial charge < -0.3 is 16.8 Å². The monoisotopic (exact) mass is 158 g/mol. The molecule has 0 unspecified atom stereocenters. The molecule has 0 heterocycles. The molecule has 0 aliphatic carbocycles. The number of hydrogen-bond acceptors (Lipinski definition) is 2. The smallest absolute Gasteiger partial charge is 0.185 e. The zero-order valence-corrected chi connectivity index (χ0v) is 7.30. The summed E-state index contributed by atoms with van der Waals surface area (Å²) in [4.78, 5) is 3.83. The summed E-state index contributed by atoms with van der Waals surface area (Å²) in [6.07, 6.45) is 0. The van der Waals surface area contributed by atoms with Crippen LogP contribution in [-0.2, 0) is 0 Å². The molecule has 5 N–H and O–H groups in total. The fourth-order valence-corrected chi connectivity index (χ4v) is 0.655. The predicted molar refractivity (Wildman–Crippen MR) is 48.4 cm³/mol. The highest BCUT2D eigenvalue weighted by molar-refractivity contribution is 5.75. The maximum atomic E-state index is 5.13. The number of hydrogen-bond donors (Lipinski definition) is 3. The van der Waals surface area contributed by atoms with Crippen LogP contribution in [0.1, 0.15) is 13.8 Å². The van der Waals surface area contributed by atoms with E-state index >= 15 is 0 Å². The number of aliphatic imine (C=N–C) groups is 1. The summed E-state index contributed by atoms with van der Waals surface area (Å²) in [5.74, 6) is 0.838. The molecule has 0 aliphatic heterocycles. The van der Waals surface area contributed by atoms with Gasteiger partial charge in [-0.2, -0.15) is 0 Å². The Kier molecular flexibility index (Phi) is 5.56. The van der Waals surface area contributed by atoms with E-state index in [0.717, 1.165) is 13.1 Å². The third kappa shape index (κ3) is 9.23. The third-order valence-corrected chi connectivity index (χ3v) is 1.14. The van der Waals surface area contributed by atoms with Crippen molar-refractivity contribution in [1.82, 2.24) is 5.32 Å². The average molecular weight is 158 g/mol. The van der Waals surface area contributed by atoms with Crippen molar-refractivity contribution in [2.24, 2.45) is 22.4 Å². The summed E-state index contributed by atoms with van der Waals surface area (Å²) < 4.78 is 0. The SMILES string of the molecule is CC(C)CNCCN=C(N)N. The number of guanidine groups is 1. The Hall–Kier alpha value is -0.770. The molecule has 0 atom stereocenters. The van der Waals surface area contributed by atoms with Gasteiger partial charge in [0, 0.05) is 6.54 Å². The normalized spacial score (nSPS) is 10.1. The molecule has 0 bridgehead atoms. The van der Waals surface area contributed by atoms with Gasteiger partial charge in [0.1, 0.15) is 0 Å². The molecule has 0 saturated carbocycles. The van der Waals surface area contributed by atoms with Gasteiger partial charge in [-0.1, -0.05) is 13.8 Å². The Balaban J connectivity index is 3.09. The van der Waals surface area contributed by atoms with Crippen molar-refractivity contribution >= 4 is 5.96 Å². The molecule has 0 fully saturated rings. The highest BCUT2D eigenvalue weighted by Gasteiger charge is 1.90. The van der Waals surface area contributed by atoms with Crippen molar-refractivity contribution in [3.63, 3.8) is 0 Å². The predicted octanol–water partition coefficient (Wildman–Crippen LogP) is -0.495. The van der Waals surface area contributed by atoms with E-state index in [9.17, 15) is 0 Å².